The van der Waals surface area contributed by atoms with Crippen molar-refractivity contribution in [1.82, 2.24) is 25.1 Å². The molecule has 7 nitrogen and oxygen atoms in total. The van der Waals surface area contributed by atoms with Crippen LogP contribution in [0, 0.1) is 11.8 Å². The van der Waals surface area contributed by atoms with Gasteiger partial charge in [-0.2, -0.15) is 0 Å². The van der Waals surface area contributed by atoms with Crippen LogP contribution in [-0.2, 0) is 13.7 Å². The van der Waals surface area contributed by atoms with Crippen LogP contribution in [0.4, 0.5) is 0 Å². The van der Waals surface area contributed by atoms with Gasteiger partial charge in [-0.1, -0.05) is 19.9 Å². The molecule has 0 bridgehead atoms. The van der Waals surface area contributed by atoms with Gasteiger partial charge in [-0.15, -0.1) is 5.10 Å². The molecule has 2 atom stereocenters. The SMILES string of the molecule is CC1CC(C)CN(C(=O)c2cccc(OCc3nnnn3C)c2)C1. The van der Waals surface area contributed by atoms with Crippen molar-refractivity contribution in [3.8, 4) is 5.75 Å². The molecule has 1 amide bonds. The zero-order valence-corrected chi connectivity index (χ0v) is 14.3. The number of aryl methyl sites for hydroxylation is 1. The summed E-state index contributed by atoms with van der Waals surface area (Å²) < 4.78 is 7.28. The van der Waals surface area contributed by atoms with E-state index in [1.807, 2.05) is 23.1 Å². The van der Waals surface area contributed by atoms with Crippen molar-refractivity contribution in [3.05, 3.63) is 35.7 Å². The number of carbonyl (C=O) groups is 1. The molecule has 0 saturated carbocycles. The third-order valence-electron chi connectivity index (χ3n) is 4.31. The molecule has 1 fully saturated rings. The van der Waals surface area contributed by atoms with E-state index in [4.69, 9.17) is 4.74 Å². The second-order valence-electron chi connectivity index (χ2n) is 6.69. The highest BCUT2D eigenvalue weighted by Gasteiger charge is 2.26. The van der Waals surface area contributed by atoms with Crippen LogP contribution < -0.4 is 4.74 Å². The van der Waals surface area contributed by atoms with E-state index in [0.717, 1.165) is 13.1 Å². The predicted molar refractivity (Wildman–Crippen MR) is 88.4 cm³/mol. The number of likely N-dealkylation sites (tertiary alicyclic amines) is 1. The van der Waals surface area contributed by atoms with Gasteiger partial charge in [0.2, 0.25) is 0 Å². The van der Waals surface area contributed by atoms with Gasteiger partial charge in [-0.25, -0.2) is 4.68 Å². The number of hydrogen-bond donors (Lipinski definition) is 0. The third kappa shape index (κ3) is 3.72. The zero-order chi connectivity index (χ0) is 17.1. The Hall–Kier alpha value is -2.44. The molecule has 2 heterocycles. The normalized spacial score (nSPS) is 20.9. The highest BCUT2D eigenvalue weighted by molar-refractivity contribution is 5.94. The van der Waals surface area contributed by atoms with E-state index in [9.17, 15) is 4.79 Å². The lowest BCUT2D eigenvalue weighted by Crippen LogP contribution is -2.42. The molecule has 2 aromatic rings. The number of piperidine rings is 1. The highest BCUT2D eigenvalue weighted by Crippen LogP contribution is 2.23. The number of tetrazole rings is 1. The van der Waals surface area contributed by atoms with Gasteiger partial charge in [0.1, 0.15) is 12.4 Å². The van der Waals surface area contributed by atoms with Crippen LogP contribution in [0.15, 0.2) is 24.3 Å². The molecule has 1 aliphatic rings. The fourth-order valence-corrected chi connectivity index (χ4v) is 3.25. The molecule has 0 spiro atoms. The number of ether oxygens (including phenoxy) is 1. The summed E-state index contributed by atoms with van der Waals surface area (Å²) in [5.41, 5.74) is 0.657. The Labute approximate surface area is 141 Å². The van der Waals surface area contributed by atoms with Crippen molar-refractivity contribution in [2.24, 2.45) is 18.9 Å². The Kier molecular flexibility index (Phi) is 4.78. The summed E-state index contributed by atoms with van der Waals surface area (Å²) in [6.07, 6.45) is 1.18. The molecular weight excluding hydrogens is 306 g/mol. The minimum atomic E-state index is 0.0687. The lowest BCUT2D eigenvalue weighted by Gasteiger charge is -2.35. The topological polar surface area (TPSA) is 73.1 Å². The van der Waals surface area contributed by atoms with E-state index in [1.165, 1.54) is 6.42 Å². The first kappa shape index (κ1) is 16.4. The maximum atomic E-state index is 12.8. The van der Waals surface area contributed by atoms with Crippen molar-refractivity contribution in [2.75, 3.05) is 13.1 Å². The van der Waals surface area contributed by atoms with Gasteiger partial charge in [0.25, 0.3) is 5.91 Å². The van der Waals surface area contributed by atoms with Crippen LogP contribution in [0.25, 0.3) is 0 Å². The largest absolute Gasteiger partial charge is 0.486 e. The fourth-order valence-electron chi connectivity index (χ4n) is 3.25. The number of hydrogen-bond acceptors (Lipinski definition) is 5. The summed E-state index contributed by atoms with van der Waals surface area (Å²) in [5, 5.41) is 11.2. The Morgan fingerprint density at radius 1 is 1.29 bits per heavy atom. The van der Waals surface area contributed by atoms with Crippen molar-refractivity contribution in [3.63, 3.8) is 0 Å². The average Bonchev–Trinajstić information content (AvgIpc) is 2.97. The lowest BCUT2D eigenvalue weighted by molar-refractivity contribution is 0.0622. The van der Waals surface area contributed by atoms with E-state index in [1.54, 1.807) is 17.8 Å². The monoisotopic (exact) mass is 329 g/mol. The summed E-state index contributed by atoms with van der Waals surface area (Å²) in [7, 11) is 1.76. The van der Waals surface area contributed by atoms with E-state index in [0.29, 0.717) is 29.0 Å². The first-order chi connectivity index (χ1) is 11.5. The number of nitrogens with zero attached hydrogens (tertiary/aromatic N) is 5. The van der Waals surface area contributed by atoms with Crippen molar-refractivity contribution >= 4 is 5.91 Å². The fraction of sp³-hybridized carbons (Fsp3) is 0.529. The Morgan fingerprint density at radius 2 is 2.04 bits per heavy atom. The van der Waals surface area contributed by atoms with Gasteiger partial charge in [0.15, 0.2) is 5.82 Å². The predicted octanol–water partition coefficient (Wildman–Crippen LogP) is 1.91. The van der Waals surface area contributed by atoms with E-state index < -0.39 is 0 Å². The molecule has 1 saturated heterocycles. The number of benzene rings is 1. The van der Waals surface area contributed by atoms with Crippen LogP contribution in [0.5, 0.6) is 5.75 Å². The summed E-state index contributed by atoms with van der Waals surface area (Å²) in [4.78, 5) is 14.7. The minimum Gasteiger partial charge on any atom is -0.486 e. The van der Waals surface area contributed by atoms with Crippen LogP contribution in [-0.4, -0.2) is 44.1 Å². The molecule has 2 unspecified atom stereocenters. The standard InChI is InChI=1S/C17H23N5O2/c1-12-7-13(2)10-22(9-12)17(23)14-5-4-6-15(8-14)24-11-16-18-19-20-21(16)3/h4-6,8,12-13H,7,9-11H2,1-3H3. The number of amides is 1. The van der Waals surface area contributed by atoms with Gasteiger partial charge in [-0.05, 0) is 46.9 Å². The first-order valence-electron chi connectivity index (χ1n) is 8.26. The summed E-state index contributed by atoms with van der Waals surface area (Å²) in [6, 6.07) is 7.30. The molecule has 24 heavy (non-hydrogen) atoms. The summed E-state index contributed by atoms with van der Waals surface area (Å²) in [5.74, 6) is 2.42. The smallest absolute Gasteiger partial charge is 0.254 e. The summed E-state index contributed by atoms with van der Waals surface area (Å²) in [6.45, 7) is 6.30. The zero-order valence-electron chi connectivity index (χ0n) is 14.3. The number of carbonyl (C=O) groups excluding carboxylic acids is 1. The molecule has 0 N–H and O–H groups in total. The third-order valence-corrected chi connectivity index (χ3v) is 4.31. The Balaban J connectivity index is 1.68. The van der Waals surface area contributed by atoms with Crippen molar-refractivity contribution < 1.29 is 9.53 Å². The molecule has 1 aliphatic heterocycles. The second-order valence-corrected chi connectivity index (χ2v) is 6.69. The van der Waals surface area contributed by atoms with Gasteiger partial charge in [-0.3, -0.25) is 4.79 Å². The van der Waals surface area contributed by atoms with Crippen LogP contribution in [0.3, 0.4) is 0 Å². The van der Waals surface area contributed by atoms with Crippen LogP contribution in [0.1, 0.15) is 36.5 Å². The molecule has 0 aliphatic carbocycles. The van der Waals surface area contributed by atoms with Crippen molar-refractivity contribution in [1.29, 1.82) is 0 Å². The van der Waals surface area contributed by atoms with Gasteiger partial charge < -0.3 is 9.64 Å². The van der Waals surface area contributed by atoms with E-state index in [-0.39, 0.29) is 12.5 Å². The molecular formula is C17H23N5O2. The highest BCUT2D eigenvalue weighted by atomic mass is 16.5. The van der Waals surface area contributed by atoms with E-state index in [2.05, 4.69) is 29.4 Å². The van der Waals surface area contributed by atoms with Gasteiger partial charge in [0.05, 0.1) is 0 Å². The molecule has 1 aromatic heterocycles. The molecule has 1 aromatic carbocycles. The number of aromatic nitrogens is 4. The van der Waals surface area contributed by atoms with Crippen LogP contribution in [0.2, 0.25) is 0 Å². The quantitative estimate of drug-likeness (QED) is 0.857. The summed E-state index contributed by atoms with van der Waals surface area (Å²) >= 11 is 0. The second kappa shape index (κ2) is 6.98. The van der Waals surface area contributed by atoms with E-state index >= 15 is 0 Å². The lowest BCUT2D eigenvalue weighted by atomic mass is 9.91. The van der Waals surface area contributed by atoms with Gasteiger partial charge >= 0.3 is 0 Å². The molecule has 128 valence electrons. The Morgan fingerprint density at radius 3 is 2.71 bits per heavy atom. The molecule has 0 radical (unpaired) electrons. The molecule has 3 rings (SSSR count). The van der Waals surface area contributed by atoms with Crippen molar-refractivity contribution in [2.45, 2.75) is 26.9 Å². The molecule has 7 heteroatoms. The first-order valence-corrected chi connectivity index (χ1v) is 8.26. The van der Waals surface area contributed by atoms with Crippen LogP contribution >= 0.6 is 0 Å². The maximum Gasteiger partial charge on any atom is 0.254 e. The minimum absolute atomic E-state index is 0.0687. The average molecular weight is 329 g/mol. The van der Waals surface area contributed by atoms with Gasteiger partial charge in [0, 0.05) is 25.7 Å². The Bertz CT molecular complexity index is 705. The maximum absolute atomic E-state index is 12.8. The number of rotatable bonds is 4.